The molecule has 88 valence electrons. The molecule has 1 heterocycles. The third-order valence-electron chi connectivity index (χ3n) is 2.80. The van der Waals surface area contributed by atoms with Crippen molar-refractivity contribution in [1.29, 1.82) is 0 Å². The maximum Gasteiger partial charge on any atom is 0.136 e. The maximum absolute atomic E-state index is 13.1. The van der Waals surface area contributed by atoms with E-state index < -0.39 is 6.10 Å². The molecule has 1 N–H and O–H groups in total. The Balaban J connectivity index is 2.42. The minimum Gasteiger partial charge on any atom is -0.458 e. The van der Waals surface area contributed by atoms with Crippen LogP contribution in [0.2, 0.25) is 0 Å². The highest BCUT2D eigenvalue weighted by Crippen LogP contribution is 2.31. The van der Waals surface area contributed by atoms with Crippen molar-refractivity contribution in [1.82, 2.24) is 0 Å². The van der Waals surface area contributed by atoms with Gasteiger partial charge in [0.15, 0.2) is 0 Å². The number of terminal acetylenes is 1. The molecule has 0 spiro atoms. The lowest BCUT2D eigenvalue weighted by Crippen LogP contribution is -1.96. The van der Waals surface area contributed by atoms with Gasteiger partial charge in [-0.05, 0) is 31.5 Å². The number of benzene rings is 1. The largest absolute Gasteiger partial charge is 0.458 e. The van der Waals surface area contributed by atoms with Crippen LogP contribution in [-0.2, 0) is 0 Å². The highest BCUT2D eigenvalue weighted by molar-refractivity contribution is 5.82. The number of rotatable bonds is 3. The molecule has 0 aliphatic heterocycles. The Kier molecular flexibility index (Phi) is 3.16. The minimum absolute atomic E-state index is 0.314. The molecule has 0 aliphatic carbocycles. The predicted octanol–water partition coefficient (Wildman–Crippen LogP) is 3.33. The van der Waals surface area contributed by atoms with Gasteiger partial charge in [0.05, 0.1) is 0 Å². The summed E-state index contributed by atoms with van der Waals surface area (Å²) in [5.41, 5.74) is 1.35. The number of halogens is 1. The van der Waals surface area contributed by atoms with E-state index in [0.717, 1.165) is 5.56 Å². The number of furan rings is 1. The molecule has 1 unspecified atom stereocenters. The SMILES string of the molecule is C#CCCC(O)c1oc2ccc(F)cc2c1C. The fraction of sp³-hybridized carbons (Fsp3) is 0.286. The lowest BCUT2D eigenvalue weighted by atomic mass is 10.1. The second-order valence-corrected chi connectivity index (χ2v) is 3.99. The van der Waals surface area contributed by atoms with Crippen LogP contribution in [0.4, 0.5) is 4.39 Å². The van der Waals surface area contributed by atoms with Crippen molar-refractivity contribution in [3.05, 3.63) is 35.3 Å². The third kappa shape index (κ3) is 2.17. The van der Waals surface area contributed by atoms with Crippen LogP contribution in [0.3, 0.4) is 0 Å². The van der Waals surface area contributed by atoms with E-state index in [1.165, 1.54) is 12.1 Å². The number of aliphatic hydroxyl groups is 1. The number of hydrogen-bond acceptors (Lipinski definition) is 2. The van der Waals surface area contributed by atoms with Gasteiger partial charge in [0.25, 0.3) is 0 Å². The summed E-state index contributed by atoms with van der Waals surface area (Å²) < 4.78 is 18.6. The van der Waals surface area contributed by atoms with E-state index in [1.807, 2.05) is 0 Å². The molecular weight excluding hydrogens is 219 g/mol. The number of fused-ring (bicyclic) bond motifs is 1. The first-order valence-electron chi connectivity index (χ1n) is 5.43. The molecule has 2 nitrogen and oxygen atoms in total. The fourth-order valence-corrected chi connectivity index (χ4v) is 1.88. The van der Waals surface area contributed by atoms with Gasteiger partial charge >= 0.3 is 0 Å². The second kappa shape index (κ2) is 4.60. The Bertz CT molecular complexity index is 578. The molecule has 1 atom stereocenters. The van der Waals surface area contributed by atoms with Gasteiger partial charge in [0, 0.05) is 17.4 Å². The summed E-state index contributed by atoms with van der Waals surface area (Å²) in [6.07, 6.45) is 5.33. The van der Waals surface area contributed by atoms with Crippen LogP contribution < -0.4 is 0 Å². The Morgan fingerprint density at radius 1 is 1.53 bits per heavy atom. The van der Waals surface area contributed by atoms with Gasteiger partial charge in [0.2, 0.25) is 0 Å². The molecule has 0 saturated carbocycles. The normalized spacial score (nSPS) is 12.6. The summed E-state index contributed by atoms with van der Waals surface area (Å²) in [6.45, 7) is 1.81. The molecule has 3 heteroatoms. The average molecular weight is 232 g/mol. The molecule has 0 aliphatic rings. The summed E-state index contributed by atoms with van der Waals surface area (Å²) in [5, 5.41) is 10.6. The predicted molar refractivity (Wildman–Crippen MR) is 63.9 cm³/mol. The second-order valence-electron chi connectivity index (χ2n) is 3.99. The van der Waals surface area contributed by atoms with E-state index in [0.29, 0.717) is 29.6 Å². The molecule has 2 rings (SSSR count). The van der Waals surface area contributed by atoms with E-state index in [1.54, 1.807) is 13.0 Å². The van der Waals surface area contributed by atoms with Crippen LogP contribution in [0.15, 0.2) is 22.6 Å². The first-order chi connectivity index (χ1) is 8.13. The molecule has 0 saturated heterocycles. The summed E-state index contributed by atoms with van der Waals surface area (Å²) in [5.74, 6) is 2.63. The smallest absolute Gasteiger partial charge is 0.136 e. The van der Waals surface area contributed by atoms with Crippen LogP contribution in [-0.4, -0.2) is 5.11 Å². The van der Waals surface area contributed by atoms with Gasteiger partial charge in [-0.2, -0.15) is 0 Å². The standard InChI is InChI=1S/C14H13FO2/c1-3-4-5-12(16)14-9(2)11-8-10(15)6-7-13(11)17-14/h1,6-8,12,16H,4-5H2,2H3. The zero-order chi connectivity index (χ0) is 12.4. The molecular formula is C14H13FO2. The Morgan fingerprint density at radius 3 is 3.00 bits per heavy atom. The Labute approximate surface area is 99.1 Å². The van der Waals surface area contributed by atoms with E-state index in [2.05, 4.69) is 5.92 Å². The van der Waals surface area contributed by atoms with Gasteiger partial charge in [-0.15, -0.1) is 12.3 Å². The molecule has 1 aromatic carbocycles. The quantitative estimate of drug-likeness (QED) is 0.823. The zero-order valence-electron chi connectivity index (χ0n) is 9.53. The minimum atomic E-state index is -0.735. The van der Waals surface area contributed by atoms with Crippen molar-refractivity contribution >= 4 is 11.0 Å². The van der Waals surface area contributed by atoms with Crippen LogP contribution in [0, 0.1) is 25.1 Å². The van der Waals surface area contributed by atoms with Gasteiger partial charge in [-0.3, -0.25) is 0 Å². The van der Waals surface area contributed by atoms with E-state index >= 15 is 0 Å². The first-order valence-corrected chi connectivity index (χ1v) is 5.43. The van der Waals surface area contributed by atoms with Crippen molar-refractivity contribution in [3.63, 3.8) is 0 Å². The van der Waals surface area contributed by atoms with Crippen molar-refractivity contribution in [3.8, 4) is 12.3 Å². The van der Waals surface area contributed by atoms with Crippen LogP contribution in [0.1, 0.15) is 30.3 Å². The van der Waals surface area contributed by atoms with Crippen molar-refractivity contribution in [2.45, 2.75) is 25.9 Å². The molecule has 1 aromatic heterocycles. The van der Waals surface area contributed by atoms with Crippen LogP contribution in [0.25, 0.3) is 11.0 Å². The number of hydrogen-bond donors (Lipinski definition) is 1. The van der Waals surface area contributed by atoms with Crippen LogP contribution in [0.5, 0.6) is 0 Å². The molecule has 0 fully saturated rings. The lowest BCUT2D eigenvalue weighted by molar-refractivity contribution is 0.143. The van der Waals surface area contributed by atoms with Crippen molar-refractivity contribution < 1.29 is 13.9 Å². The van der Waals surface area contributed by atoms with E-state index in [-0.39, 0.29) is 5.82 Å². The lowest BCUT2D eigenvalue weighted by Gasteiger charge is -2.05. The van der Waals surface area contributed by atoms with Gasteiger partial charge < -0.3 is 9.52 Å². The third-order valence-corrected chi connectivity index (χ3v) is 2.80. The summed E-state index contributed by atoms with van der Waals surface area (Å²) in [4.78, 5) is 0. The summed E-state index contributed by atoms with van der Waals surface area (Å²) >= 11 is 0. The number of aryl methyl sites for hydroxylation is 1. The monoisotopic (exact) mass is 232 g/mol. The molecule has 17 heavy (non-hydrogen) atoms. The first kappa shape index (κ1) is 11.7. The molecule has 0 bridgehead atoms. The Morgan fingerprint density at radius 2 is 2.29 bits per heavy atom. The number of aliphatic hydroxyl groups excluding tert-OH is 1. The Hall–Kier alpha value is -1.79. The molecule has 0 amide bonds. The summed E-state index contributed by atoms with van der Waals surface area (Å²) in [7, 11) is 0. The fourth-order valence-electron chi connectivity index (χ4n) is 1.88. The average Bonchev–Trinajstić information content (AvgIpc) is 2.64. The topological polar surface area (TPSA) is 33.4 Å². The van der Waals surface area contributed by atoms with E-state index in [9.17, 15) is 9.50 Å². The van der Waals surface area contributed by atoms with Gasteiger partial charge in [0.1, 0.15) is 23.3 Å². The molecule has 2 aromatic rings. The zero-order valence-corrected chi connectivity index (χ0v) is 9.53. The van der Waals surface area contributed by atoms with Gasteiger partial charge in [-0.25, -0.2) is 4.39 Å². The summed E-state index contributed by atoms with van der Waals surface area (Å²) in [6, 6.07) is 4.31. The van der Waals surface area contributed by atoms with Gasteiger partial charge in [-0.1, -0.05) is 0 Å². The highest BCUT2D eigenvalue weighted by Gasteiger charge is 2.17. The van der Waals surface area contributed by atoms with Crippen molar-refractivity contribution in [2.24, 2.45) is 0 Å². The van der Waals surface area contributed by atoms with E-state index in [4.69, 9.17) is 10.8 Å². The maximum atomic E-state index is 13.1. The highest BCUT2D eigenvalue weighted by atomic mass is 19.1. The van der Waals surface area contributed by atoms with Crippen LogP contribution >= 0.6 is 0 Å². The van der Waals surface area contributed by atoms with Crippen molar-refractivity contribution in [2.75, 3.05) is 0 Å². The molecule has 0 radical (unpaired) electrons.